The van der Waals surface area contributed by atoms with Crippen molar-refractivity contribution in [1.29, 1.82) is 0 Å². The lowest BCUT2D eigenvalue weighted by atomic mass is 9.93. The summed E-state index contributed by atoms with van der Waals surface area (Å²) in [5.74, 6) is 1.62. The molecule has 0 saturated carbocycles. The lowest BCUT2D eigenvalue weighted by Crippen LogP contribution is -2.31. The molecule has 0 bridgehead atoms. The largest absolute Gasteiger partial charge is 0.454 e. The lowest BCUT2D eigenvalue weighted by Gasteiger charge is -2.29. The van der Waals surface area contributed by atoms with Crippen molar-refractivity contribution in [2.24, 2.45) is 5.73 Å². The highest BCUT2D eigenvalue weighted by atomic mass is 16.7. The summed E-state index contributed by atoms with van der Waals surface area (Å²) in [5, 5.41) is 0. The molecule has 0 fully saturated rings. The SMILES string of the molecule is C[C@H](N)[C@@H]1OCCc2ccc3c(c21)OCO3. The van der Waals surface area contributed by atoms with Gasteiger partial charge in [-0.25, -0.2) is 0 Å². The fraction of sp³-hybridized carbons (Fsp3) is 0.500. The second-order valence-electron chi connectivity index (χ2n) is 4.27. The fourth-order valence-electron chi connectivity index (χ4n) is 2.36. The molecule has 16 heavy (non-hydrogen) atoms. The molecule has 3 rings (SSSR count). The van der Waals surface area contributed by atoms with Crippen LogP contribution in [0.2, 0.25) is 0 Å². The highest BCUT2D eigenvalue weighted by Crippen LogP contribution is 2.44. The van der Waals surface area contributed by atoms with E-state index in [1.54, 1.807) is 0 Å². The molecule has 0 saturated heterocycles. The zero-order valence-electron chi connectivity index (χ0n) is 9.23. The van der Waals surface area contributed by atoms with E-state index in [0.29, 0.717) is 0 Å². The minimum atomic E-state index is -0.0830. The van der Waals surface area contributed by atoms with Crippen LogP contribution in [0.3, 0.4) is 0 Å². The van der Waals surface area contributed by atoms with Crippen molar-refractivity contribution in [3.63, 3.8) is 0 Å². The predicted octanol–water partition coefficient (Wildman–Crippen LogP) is 1.38. The van der Waals surface area contributed by atoms with Crippen molar-refractivity contribution >= 4 is 0 Å². The van der Waals surface area contributed by atoms with E-state index in [1.165, 1.54) is 5.56 Å². The molecule has 2 N–H and O–H groups in total. The molecule has 1 aromatic carbocycles. The van der Waals surface area contributed by atoms with Crippen molar-refractivity contribution in [3.05, 3.63) is 23.3 Å². The maximum absolute atomic E-state index is 5.95. The summed E-state index contributed by atoms with van der Waals surface area (Å²) >= 11 is 0. The Labute approximate surface area is 94.3 Å². The first-order valence-electron chi connectivity index (χ1n) is 5.56. The van der Waals surface area contributed by atoms with Gasteiger partial charge < -0.3 is 19.9 Å². The third-order valence-corrected chi connectivity index (χ3v) is 3.10. The van der Waals surface area contributed by atoms with Crippen molar-refractivity contribution in [1.82, 2.24) is 0 Å². The van der Waals surface area contributed by atoms with Gasteiger partial charge in [-0.15, -0.1) is 0 Å². The number of hydrogen-bond acceptors (Lipinski definition) is 4. The second-order valence-corrected chi connectivity index (χ2v) is 4.27. The molecule has 2 aliphatic heterocycles. The van der Waals surface area contributed by atoms with Crippen LogP contribution < -0.4 is 15.2 Å². The molecule has 0 spiro atoms. The Kier molecular flexibility index (Phi) is 2.26. The van der Waals surface area contributed by atoms with Gasteiger partial charge in [-0.1, -0.05) is 6.07 Å². The molecule has 0 unspecified atom stereocenters. The monoisotopic (exact) mass is 221 g/mol. The van der Waals surface area contributed by atoms with Crippen LogP contribution in [-0.2, 0) is 11.2 Å². The molecule has 4 heteroatoms. The average Bonchev–Trinajstić information content (AvgIpc) is 2.76. The number of rotatable bonds is 1. The van der Waals surface area contributed by atoms with Gasteiger partial charge in [0.05, 0.1) is 6.61 Å². The molecule has 4 nitrogen and oxygen atoms in total. The maximum atomic E-state index is 5.95. The van der Waals surface area contributed by atoms with Crippen molar-refractivity contribution < 1.29 is 14.2 Å². The van der Waals surface area contributed by atoms with Gasteiger partial charge in [0.1, 0.15) is 6.10 Å². The first-order chi connectivity index (χ1) is 7.77. The van der Waals surface area contributed by atoms with Gasteiger partial charge in [-0.3, -0.25) is 0 Å². The number of fused-ring (bicyclic) bond motifs is 3. The molecule has 0 radical (unpaired) electrons. The first-order valence-corrected chi connectivity index (χ1v) is 5.56. The van der Waals surface area contributed by atoms with E-state index in [-0.39, 0.29) is 18.9 Å². The summed E-state index contributed by atoms with van der Waals surface area (Å²) in [6, 6.07) is 4.00. The average molecular weight is 221 g/mol. The molecule has 0 aromatic heterocycles. The Balaban J connectivity index is 2.13. The summed E-state index contributed by atoms with van der Waals surface area (Å²) in [6.07, 6.45) is 0.829. The van der Waals surface area contributed by atoms with E-state index in [2.05, 4.69) is 6.07 Å². The van der Waals surface area contributed by atoms with E-state index in [9.17, 15) is 0 Å². The third-order valence-electron chi connectivity index (χ3n) is 3.10. The van der Waals surface area contributed by atoms with Crippen LogP contribution in [0.5, 0.6) is 11.5 Å². The molecular formula is C12H15NO3. The zero-order valence-corrected chi connectivity index (χ0v) is 9.23. The maximum Gasteiger partial charge on any atom is 0.231 e. The number of ether oxygens (including phenoxy) is 3. The van der Waals surface area contributed by atoms with Gasteiger partial charge >= 0.3 is 0 Å². The molecule has 2 aliphatic rings. The normalized spacial score (nSPS) is 24.0. The first kappa shape index (κ1) is 9.93. The van der Waals surface area contributed by atoms with Gasteiger partial charge in [0.25, 0.3) is 0 Å². The molecule has 0 aliphatic carbocycles. The van der Waals surface area contributed by atoms with Gasteiger partial charge in [0, 0.05) is 11.6 Å². The second kappa shape index (κ2) is 3.64. The van der Waals surface area contributed by atoms with Crippen LogP contribution in [0.25, 0.3) is 0 Å². The highest BCUT2D eigenvalue weighted by Gasteiger charge is 2.31. The van der Waals surface area contributed by atoms with E-state index in [1.807, 2.05) is 13.0 Å². The van der Waals surface area contributed by atoms with Gasteiger partial charge in [0.2, 0.25) is 6.79 Å². The summed E-state index contributed by atoms with van der Waals surface area (Å²) in [7, 11) is 0. The molecule has 2 heterocycles. The van der Waals surface area contributed by atoms with E-state index >= 15 is 0 Å². The fourth-order valence-corrected chi connectivity index (χ4v) is 2.36. The van der Waals surface area contributed by atoms with Crippen LogP contribution in [0.4, 0.5) is 0 Å². The Morgan fingerprint density at radius 3 is 3.06 bits per heavy atom. The summed E-state index contributed by atoms with van der Waals surface area (Å²) in [5.41, 5.74) is 8.30. The Morgan fingerprint density at radius 1 is 1.38 bits per heavy atom. The zero-order chi connectivity index (χ0) is 11.1. The van der Waals surface area contributed by atoms with Gasteiger partial charge in [-0.2, -0.15) is 0 Å². The minimum absolute atomic E-state index is 0.0465. The predicted molar refractivity (Wildman–Crippen MR) is 58.6 cm³/mol. The van der Waals surface area contributed by atoms with E-state index in [0.717, 1.165) is 30.1 Å². The third kappa shape index (κ3) is 1.37. The summed E-state index contributed by atoms with van der Waals surface area (Å²) < 4.78 is 16.6. The summed E-state index contributed by atoms with van der Waals surface area (Å²) in [4.78, 5) is 0. The Morgan fingerprint density at radius 2 is 2.25 bits per heavy atom. The van der Waals surface area contributed by atoms with Gasteiger partial charge in [-0.05, 0) is 25.0 Å². The van der Waals surface area contributed by atoms with Crippen LogP contribution in [-0.4, -0.2) is 19.4 Å². The molecule has 2 atom stereocenters. The molecule has 1 aromatic rings. The highest BCUT2D eigenvalue weighted by molar-refractivity contribution is 5.54. The molecule has 86 valence electrons. The Bertz CT molecular complexity index is 417. The van der Waals surface area contributed by atoms with Crippen LogP contribution in [0, 0.1) is 0 Å². The Hall–Kier alpha value is -1.26. The van der Waals surface area contributed by atoms with Gasteiger partial charge in [0.15, 0.2) is 11.5 Å². The minimum Gasteiger partial charge on any atom is -0.454 e. The summed E-state index contributed by atoms with van der Waals surface area (Å²) in [6.45, 7) is 2.96. The van der Waals surface area contributed by atoms with Crippen molar-refractivity contribution in [2.75, 3.05) is 13.4 Å². The number of hydrogen-bond donors (Lipinski definition) is 1. The lowest BCUT2D eigenvalue weighted by molar-refractivity contribution is 0.0263. The standard InChI is InChI=1S/C12H15NO3/c1-7(13)11-10-8(4-5-14-11)2-3-9-12(10)16-6-15-9/h2-3,7,11H,4-6,13H2,1H3/t7-,11-/m0/s1. The van der Waals surface area contributed by atoms with E-state index < -0.39 is 0 Å². The topological polar surface area (TPSA) is 53.7 Å². The number of nitrogens with two attached hydrogens (primary N) is 1. The quantitative estimate of drug-likeness (QED) is 0.778. The number of benzene rings is 1. The van der Waals surface area contributed by atoms with Crippen molar-refractivity contribution in [2.45, 2.75) is 25.5 Å². The van der Waals surface area contributed by atoms with E-state index in [4.69, 9.17) is 19.9 Å². The molecule has 0 amide bonds. The van der Waals surface area contributed by atoms with Crippen LogP contribution >= 0.6 is 0 Å². The van der Waals surface area contributed by atoms with Crippen LogP contribution in [0.15, 0.2) is 12.1 Å². The molecular weight excluding hydrogens is 206 g/mol. The smallest absolute Gasteiger partial charge is 0.231 e. The van der Waals surface area contributed by atoms with Crippen molar-refractivity contribution in [3.8, 4) is 11.5 Å². The van der Waals surface area contributed by atoms with Crippen LogP contribution in [0.1, 0.15) is 24.2 Å².